The predicted octanol–water partition coefficient (Wildman–Crippen LogP) is 2.86. The zero-order chi connectivity index (χ0) is 18.8. The molecule has 1 saturated carbocycles. The van der Waals surface area contributed by atoms with Gasteiger partial charge in [-0.3, -0.25) is 9.69 Å². The van der Waals surface area contributed by atoms with Gasteiger partial charge in [-0.25, -0.2) is 9.59 Å². The molecule has 0 aromatic rings. The van der Waals surface area contributed by atoms with Gasteiger partial charge in [-0.1, -0.05) is 34.8 Å². The maximum absolute atomic E-state index is 12.2. The summed E-state index contributed by atoms with van der Waals surface area (Å²) in [6, 6.07) is -1.08. The SMILES string of the molecule is CCOC(=O)[C@@H]1CC[C@H]2CN(C(=O)OCC(Cl)(Cl)Cl)[C@@H](C(=O)O)C[C@H]21. The predicted molar refractivity (Wildman–Crippen MR) is 90.7 cm³/mol. The van der Waals surface area contributed by atoms with Crippen LogP contribution in [0.15, 0.2) is 0 Å². The lowest BCUT2D eigenvalue weighted by Gasteiger charge is -2.40. The number of hydrogen-bond acceptors (Lipinski definition) is 5. The Morgan fingerprint density at radius 2 is 1.88 bits per heavy atom. The van der Waals surface area contributed by atoms with Crippen molar-refractivity contribution < 1.29 is 29.0 Å². The molecule has 0 spiro atoms. The minimum atomic E-state index is -1.77. The van der Waals surface area contributed by atoms with E-state index in [2.05, 4.69) is 0 Å². The van der Waals surface area contributed by atoms with E-state index in [-0.39, 0.29) is 43.3 Å². The fourth-order valence-electron chi connectivity index (χ4n) is 3.70. The van der Waals surface area contributed by atoms with Crippen LogP contribution in [0.4, 0.5) is 4.79 Å². The van der Waals surface area contributed by atoms with Crippen LogP contribution in [0.3, 0.4) is 0 Å². The van der Waals surface area contributed by atoms with Crippen LogP contribution < -0.4 is 0 Å². The van der Waals surface area contributed by atoms with Crippen molar-refractivity contribution in [2.45, 2.75) is 36.0 Å². The number of carboxylic acids is 1. The highest BCUT2D eigenvalue weighted by atomic mass is 35.6. The third-order valence-electron chi connectivity index (χ3n) is 4.74. The van der Waals surface area contributed by atoms with Crippen molar-refractivity contribution in [2.24, 2.45) is 17.8 Å². The van der Waals surface area contributed by atoms with Crippen LogP contribution in [-0.4, -0.2) is 57.6 Å². The Hall–Kier alpha value is -0.920. The third kappa shape index (κ3) is 5.05. The molecule has 142 valence electrons. The molecule has 2 rings (SSSR count). The number of amides is 1. The van der Waals surface area contributed by atoms with Gasteiger partial charge < -0.3 is 14.6 Å². The number of fused-ring (bicyclic) bond motifs is 1. The molecule has 1 heterocycles. The van der Waals surface area contributed by atoms with Gasteiger partial charge in [0.1, 0.15) is 12.6 Å². The van der Waals surface area contributed by atoms with Crippen LogP contribution in [0.1, 0.15) is 26.2 Å². The molecule has 4 atom stereocenters. The van der Waals surface area contributed by atoms with Gasteiger partial charge in [0.15, 0.2) is 0 Å². The van der Waals surface area contributed by atoms with Crippen molar-refractivity contribution >= 4 is 52.8 Å². The number of carboxylic acid groups (broad SMARTS) is 1. The summed E-state index contributed by atoms with van der Waals surface area (Å²) in [7, 11) is 0. The zero-order valence-electron chi connectivity index (χ0n) is 13.6. The second-order valence-corrected chi connectivity index (χ2v) is 8.79. The van der Waals surface area contributed by atoms with Crippen molar-refractivity contribution in [1.29, 1.82) is 0 Å². The lowest BCUT2D eigenvalue weighted by Crippen LogP contribution is -2.54. The smallest absolute Gasteiger partial charge is 0.410 e. The van der Waals surface area contributed by atoms with Gasteiger partial charge in [0.25, 0.3) is 0 Å². The van der Waals surface area contributed by atoms with Crippen molar-refractivity contribution in [3.05, 3.63) is 0 Å². The summed E-state index contributed by atoms with van der Waals surface area (Å²) >= 11 is 16.7. The van der Waals surface area contributed by atoms with Gasteiger partial charge in [0, 0.05) is 6.54 Å². The number of alkyl halides is 3. The second-order valence-electron chi connectivity index (χ2n) is 6.27. The number of rotatable bonds is 4. The molecule has 1 aliphatic heterocycles. The normalized spacial score (nSPS) is 29.0. The summed E-state index contributed by atoms with van der Waals surface area (Å²) in [6.45, 7) is 1.73. The Bertz CT molecular complexity index is 538. The fourth-order valence-corrected chi connectivity index (χ4v) is 3.87. The first-order chi connectivity index (χ1) is 11.6. The van der Waals surface area contributed by atoms with Crippen molar-refractivity contribution in [3.8, 4) is 0 Å². The zero-order valence-corrected chi connectivity index (χ0v) is 15.9. The molecular weight excluding hydrogens is 397 g/mol. The molecule has 1 saturated heterocycles. The lowest BCUT2D eigenvalue weighted by molar-refractivity contribution is -0.153. The topological polar surface area (TPSA) is 93.1 Å². The number of piperidine rings is 1. The maximum Gasteiger partial charge on any atom is 0.410 e. The number of hydrogen-bond donors (Lipinski definition) is 1. The van der Waals surface area contributed by atoms with E-state index >= 15 is 0 Å². The molecule has 0 aromatic carbocycles. The van der Waals surface area contributed by atoms with Crippen LogP contribution in [0.5, 0.6) is 0 Å². The number of carbonyl (C=O) groups excluding carboxylic acids is 2. The van der Waals surface area contributed by atoms with E-state index in [0.717, 1.165) is 4.90 Å². The van der Waals surface area contributed by atoms with Crippen LogP contribution in [-0.2, 0) is 19.1 Å². The summed E-state index contributed by atoms with van der Waals surface area (Å²) in [5, 5.41) is 9.49. The number of nitrogens with zero attached hydrogens (tertiary/aromatic N) is 1. The summed E-state index contributed by atoms with van der Waals surface area (Å²) in [5.41, 5.74) is 0. The molecule has 2 fully saturated rings. The van der Waals surface area contributed by atoms with Crippen LogP contribution in [0.2, 0.25) is 0 Å². The van der Waals surface area contributed by atoms with Crippen molar-refractivity contribution in [2.75, 3.05) is 19.8 Å². The Morgan fingerprint density at radius 3 is 2.44 bits per heavy atom. The largest absolute Gasteiger partial charge is 0.480 e. The first-order valence-corrected chi connectivity index (χ1v) is 9.17. The Morgan fingerprint density at radius 1 is 1.20 bits per heavy atom. The fraction of sp³-hybridized carbons (Fsp3) is 0.800. The van der Waals surface area contributed by atoms with Gasteiger partial charge in [0.05, 0.1) is 12.5 Å². The first kappa shape index (κ1) is 20.4. The lowest BCUT2D eigenvalue weighted by atomic mass is 9.80. The standard InChI is InChI=1S/C15H20Cl3NO6/c1-2-24-13(22)9-4-3-8-6-19(11(12(20)21)5-10(8)9)14(23)25-7-15(16,17)18/h8-11H,2-7H2,1H3,(H,20,21)/t8-,9+,10+,11+/m0/s1. The van der Waals surface area contributed by atoms with Gasteiger partial charge in [-0.2, -0.15) is 0 Å². The summed E-state index contributed by atoms with van der Waals surface area (Å²) in [4.78, 5) is 37.1. The van der Waals surface area contributed by atoms with Gasteiger partial charge in [-0.15, -0.1) is 0 Å². The number of likely N-dealkylation sites (tertiary alicyclic amines) is 1. The molecule has 2 aliphatic rings. The van der Waals surface area contributed by atoms with Crippen molar-refractivity contribution in [3.63, 3.8) is 0 Å². The maximum atomic E-state index is 12.2. The van der Waals surface area contributed by atoms with E-state index in [4.69, 9.17) is 44.3 Å². The van der Waals surface area contributed by atoms with Crippen LogP contribution in [0.25, 0.3) is 0 Å². The highest BCUT2D eigenvalue weighted by molar-refractivity contribution is 6.67. The monoisotopic (exact) mass is 415 g/mol. The number of halogens is 3. The Kier molecular flexibility index (Phi) is 6.68. The van der Waals surface area contributed by atoms with E-state index in [1.54, 1.807) is 6.92 Å². The third-order valence-corrected chi connectivity index (χ3v) is 5.07. The summed E-state index contributed by atoms with van der Waals surface area (Å²) in [5.74, 6) is -1.89. The number of ether oxygens (including phenoxy) is 2. The number of carbonyl (C=O) groups is 3. The molecule has 1 amide bonds. The molecule has 7 nitrogen and oxygen atoms in total. The van der Waals surface area contributed by atoms with Crippen LogP contribution in [0, 0.1) is 17.8 Å². The molecule has 1 aliphatic carbocycles. The quantitative estimate of drug-likeness (QED) is 0.559. The molecule has 0 aromatic heterocycles. The molecular formula is C15H20Cl3NO6. The average molecular weight is 417 g/mol. The van der Waals surface area contributed by atoms with E-state index < -0.39 is 28.5 Å². The summed E-state index contributed by atoms with van der Waals surface area (Å²) < 4.78 is 8.24. The second kappa shape index (κ2) is 8.18. The van der Waals surface area contributed by atoms with Crippen molar-refractivity contribution in [1.82, 2.24) is 4.90 Å². The Labute approximate surface area is 160 Å². The van der Waals surface area contributed by atoms with Gasteiger partial charge in [-0.05, 0) is 38.0 Å². The molecule has 0 unspecified atom stereocenters. The first-order valence-electron chi connectivity index (χ1n) is 8.03. The van der Waals surface area contributed by atoms with Gasteiger partial charge in [0.2, 0.25) is 3.79 Å². The van der Waals surface area contributed by atoms with E-state index in [9.17, 15) is 19.5 Å². The molecule has 0 radical (unpaired) electrons. The van der Waals surface area contributed by atoms with E-state index in [1.807, 2.05) is 0 Å². The number of esters is 1. The number of aliphatic carboxylic acids is 1. The highest BCUT2D eigenvalue weighted by Gasteiger charge is 2.50. The highest BCUT2D eigenvalue weighted by Crippen LogP contribution is 2.45. The van der Waals surface area contributed by atoms with Gasteiger partial charge >= 0.3 is 18.0 Å². The molecule has 25 heavy (non-hydrogen) atoms. The van der Waals surface area contributed by atoms with E-state index in [0.29, 0.717) is 12.8 Å². The summed E-state index contributed by atoms with van der Waals surface area (Å²) in [6.07, 6.45) is 0.676. The minimum Gasteiger partial charge on any atom is -0.480 e. The minimum absolute atomic E-state index is 0.0188. The Balaban J connectivity index is 2.09. The molecule has 1 N–H and O–H groups in total. The van der Waals surface area contributed by atoms with Crippen LogP contribution >= 0.6 is 34.8 Å². The average Bonchev–Trinajstić information content (AvgIpc) is 2.93. The molecule has 0 bridgehead atoms. The molecule has 10 heteroatoms. The van der Waals surface area contributed by atoms with E-state index in [1.165, 1.54) is 0 Å².